The summed E-state index contributed by atoms with van der Waals surface area (Å²) in [4.78, 5) is 4.27. The van der Waals surface area contributed by atoms with E-state index in [2.05, 4.69) is 11.6 Å². The van der Waals surface area contributed by atoms with Gasteiger partial charge in [0.1, 0.15) is 5.65 Å². The number of aromatic nitrogens is 2. The van der Waals surface area contributed by atoms with Crippen LogP contribution in [0.5, 0.6) is 0 Å². The van der Waals surface area contributed by atoms with E-state index in [1.165, 1.54) is 6.21 Å². The van der Waals surface area contributed by atoms with E-state index in [0.29, 0.717) is 0 Å². The molecule has 0 bridgehead atoms. The van der Waals surface area contributed by atoms with Gasteiger partial charge in [-0.2, -0.15) is 0 Å². The van der Waals surface area contributed by atoms with Crippen molar-refractivity contribution in [3.63, 3.8) is 0 Å². The fraction of sp³-hybridized carbons (Fsp3) is 0.0909. The van der Waals surface area contributed by atoms with Crippen LogP contribution in [0.2, 0.25) is 0 Å². The van der Waals surface area contributed by atoms with Crippen molar-refractivity contribution >= 4 is 23.3 Å². The second-order valence-corrected chi connectivity index (χ2v) is 3.08. The highest BCUT2D eigenvalue weighted by molar-refractivity contribution is 6.00. The van der Waals surface area contributed by atoms with Crippen LogP contribution in [0.15, 0.2) is 24.9 Å². The van der Waals surface area contributed by atoms with E-state index in [1.807, 2.05) is 23.7 Å². The minimum absolute atomic E-state index is 0.880. The lowest BCUT2D eigenvalue weighted by Crippen LogP contribution is -1.92. The fourth-order valence-electron chi connectivity index (χ4n) is 1.71. The molecule has 0 amide bonds. The Morgan fingerprint density at radius 2 is 2.36 bits per heavy atom. The van der Waals surface area contributed by atoms with Crippen LogP contribution in [0.1, 0.15) is 11.3 Å². The Bertz CT molecular complexity index is 508. The average Bonchev–Trinajstić information content (AvgIpc) is 2.51. The van der Waals surface area contributed by atoms with E-state index in [9.17, 15) is 0 Å². The van der Waals surface area contributed by atoms with E-state index in [4.69, 9.17) is 5.41 Å². The van der Waals surface area contributed by atoms with E-state index in [1.54, 1.807) is 12.3 Å². The lowest BCUT2D eigenvalue weighted by atomic mass is 10.2. The van der Waals surface area contributed by atoms with Gasteiger partial charge in [0.15, 0.2) is 0 Å². The summed E-state index contributed by atoms with van der Waals surface area (Å²) in [6, 6.07) is 3.85. The second kappa shape index (κ2) is 3.10. The molecule has 2 aromatic heterocycles. The van der Waals surface area contributed by atoms with Crippen molar-refractivity contribution < 1.29 is 0 Å². The van der Waals surface area contributed by atoms with Gasteiger partial charge in [-0.25, -0.2) is 4.98 Å². The van der Waals surface area contributed by atoms with Crippen LogP contribution in [0.4, 0.5) is 0 Å². The van der Waals surface area contributed by atoms with Crippen molar-refractivity contribution in [3.05, 3.63) is 36.2 Å². The molecule has 0 aliphatic carbocycles. The lowest BCUT2D eigenvalue weighted by Gasteiger charge is -1.97. The first-order valence-electron chi connectivity index (χ1n) is 4.36. The van der Waals surface area contributed by atoms with E-state index >= 15 is 0 Å². The van der Waals surface area contributed by atoms with E-state index in [-0.39, 0.29) is 0 Å². The summed E-state index contributed by atoms with van der Waals surface area (Å²) in [6.45, 7) is 3.74. The smallest absolute Gasteiger partial charge is 0.140 e. The number of hydrogen-bond donors (Lipinski definition) is 1. The lowest BCUT2D eigenvalue weighted by molar-refractivity contribution is 0.935. The van der Waals surface area contributed by atoms with Crippen molar-refractivity contribution in [3.8, 4) is 0 Å². The number of hydrogen-bond acceptors (Lipinski definition) is 2. The monoisotopic (exact) mass is 185 g/mol. The predicted octanol–water partition coefficient (Wildman–Crippen LogP) is 2.21. The normalized spacial score (nSPS) is 10.4. The largest absolute Gasteiger partial charge is 0.328 e. The molecule has 0 aliphatic rings. The van der Waals surface area contributed by atoms with Gasteiger partial charge in [0.05, 0.1) is 5.69 Å². The van der Waals surface area contributed by atoms with Crippen LogP contribution >= 0.6 is 0 Å². The van der Waals surface area contributed by atoms with Crippen LogP contribution in [0, 0.1) is 5.41 Å². The molecule has 0 radical (unpaired) electrons. The minimum Gasteiger partial charge on any atom is -0.328 e. The van der Waals surface area contributed by atoms with Gasteiger partial charge in [-0.15, -0.1) is 0 Å². The Labute approximate surface area is 82.2 Å². The summed E-state index contributed by atoms with van der Waals surface area (Å²) in [7, 11) is 1.93. The third-order valence-corrected chi connectivity index (χ3v) is 2.37. The Kier molecular flexibility index (Phi) is 1.93. The zero-order chi connectivity index (χ0) is 10.1. The number of pyridine rings is 1. The summed E-state index contributed by atoms with van der Waals surface area (Å²) in [5, 5.41) is 8.37. The first-order chi connectivity index (χ1) is 6.79. The van der Waals surface area contributed by atoms with Gasteiger partial charge in [-0.1, -0.05) is 6.58 Å². The maximum atomic E-state index is 7.37. The van der Waals surface area contributed by atoms with Gasteiger partial charge in [0.25, 0.3) is 0 Å². The maximum absolute atomic E-state index is 7.37. The number of nitrogens with zero attached hydrogens (tertiary/aromatic N) is 2. The molecule has 70 valence electrons. The van der Waals surface area contributed by atoms with Crippen LogP contribution < -0.4 is 0 Å². The van der Waals surface area contributed by atoms with E-state index in [0.717, 1.165) is 22.3 Å². The molecular weight excluding hydrogens is 174 g/mol. The molecule has 0 aliphatic heterocycles. The maximum Gasteiger partial charge on any atom is 0.140 e. The van der Waals surface area contributed by atoms with Gasteiger partial charge >= 0.3 is 0 Å². The van der Waals surface area contributed by atoms with Gasteiger partial charge in [-0.3, -0.25) is 0 Å². The molecule has 0 fully saturated rings. The molecule has 0 saturated heterocycles. The van der Waals surface area contributed by atoms with Crippen molar-refractivity contribution in [1.29, 1.82) is 5.41 Å². The van der Waals surface area contributed by atoms with Crippen LogP contribution in [-0.2, 0) is 7.05 Å². The van der Waals surface area contributed by atoms with Crippen LogP contribution in [-0.4, -0.2) is 15.8 Å². The molecule has 0 saturated carbocycles. The Morgan fingerprint density at radius 3 is 3.00 bits per heavy atom. The molecule has 1 N–H and O–H groups in total. The molecule has 0 unspecified atom stereocenters. The molecule has 0 spiro atoms. The van der Waals surface area contributed by atoms with Crippen molar-refractivity contribution in [2.45, 2.75) is 0 Å². The summed E-state index contributed by atoms with van der Waals surface area (Å²) < 4.78 is 1.95. The third kappa shape index (κ3) is 0.988. The Hall–Kier alpha value is -1.90. The molecule has 2 heterocycles. The SMILES string of the molecule is C=Cc1c(C=N)c2cccnc2n1C. The van der Waals surface area contributed by atoms with Crippen LogP contribution in [0.3, 0.4) is 0 Å². The Balaban J connectivity index is 2.98. The molecule has 3 heteroatoms. The van der Waals surface area contributed by atoms with E-state index < -0.39 is 0 Å². The molecular formula is C11H11N3. The average molecular weight is 185 g/mol. The van der Waals surface area contributed by atoms with Gasteiger partial charge in [0.2, 0.25) is 0 Å². The van der Waals surface area contributed by atoms with Gasteiger partial charge < -0.3 is 9.98 Å². The highest BCUT2D eigenvalue weighted by atomic mass is 15.0. The van der Waals surface area contributed by atoms with Crippen molar-refractivity contribution in [2.24, 2.45) is 7.05 Å². The Morgan fingerprint density at radius 1 is 1.57 bits per heavy atom. The molecule has 2 aromatic rings. The molecule has 2 rings (SSSR count). The third-order valence-electron chi connectivity index (χ3n) is 2.37. The predicted molar refractivity (Wildman–Crippen MR) is 58.7 cm³/mol. The topological polar surface area (TPSA) is 41.7 Å². The van der Waals surface area contributed by atoms with Gasteiger partial charge in [0, 0.05) is 30.4 Å². The highest BCUT2D eigenvalue weighted by Gasteiger charge is 2.10. The molecule has 14 heavy (non-hydrogen) atoms. The standard InChI is InChI=1S/C11H11N3/c1-3-10-9(7-12)8-5-4-6-13-11(8)14(10)2/h3-7,12H,1H2,2H3. The van der Waals surface area contributed by atoms with Crippen LogP contribution in [0.25, 0.3) is 17.1 Å². The number of nitrogens with one attached hydrogen (secondary N) is 1. The van der Waals surface area contributed by atoms with Gasteiger partial charge in [-0.05, 0) is 18.2 Å². The molecule has 3 nitrogen and oxygen atoms in total. The number of rotatable bonds is 2. The first kappa shape index (κ1) is 8.69. The molecule has 0 aromatic carbocycles. The first-order valence-corrected chi connectivity index (χ1v) is 4.36. The zero-order valence-electron chi connectivity index (χ0n) is 7.99. The van der Waals surface area contributed by atoms with Crippen molar-refractivity contribution in [1.82, 2.24) is 9.55 Å². The summed E-state index contributed by atoms with van der Waals surface area (Å²) in [5.41, 5.74) is 2.71. The summed E-state index contributed by atoms with van der Waals surface area (Å²) in [6.07, 6.45) is 4.85. The zero-order valence-corrected chi connectivity index (χ0v) is 7.99. The summed E-state index contributed by atoms with van der Waals surface area (Å²) in [5.74, 6) is 0. The highest BCUT2D eigenvalue weighted by Crippen LogP contribution is 2.22. The number of fused-ring (bicyclic) bond motifs is 1. The number of aryl methyl sites for hydroxylation is 1. The second-order valence-electron chi connectivity index (χ2n) is 3.08. The quantitative estimate of drug-likeness (QED) is 0.716. The fourth-order valence-corrected chi connectivity index (χ4v) is 1.71. The summed E-state index contributed by atoms with van der Waals surface area (Å²) >= 11 is 0. The van der Waals surface area contributed by atoms with Crippen molar-refractivity contribution in [2.75, 3.05) is 0 Å². The minimum atomic E-state index is 0.880. The molecule has 0 atom stereocenters.